The van der Waals surface area contributed by atoms with Gasteiger partial charge in [0.2, 0.25) is 0 Å². The molecule has 0 atom stereocenters. The van der Waals surface area contributed by atoms with Crippen molar-refractivity contribution in [3.63, 3.8) is 0 Å². The highest BCUT2D eigenvalue weighted by molar-refractivity contribution is 5.94. The summed E-state index contributed by atoms with van der Waals surface area (Å²) in [5, 5.41) is 0. The molecule has 1 aliphatic rings. The molecule has 0 radical (unpaired) electrons. The third-order valence-electron chi connectivity index (χ3n) is 4.49. The summed E-state index contributed by atoms with van der Waals surface area (Å²) in [7, 11) is 0. The number of amides is 1. The van der Waals surface area contributed by atoms with Gasteiger partial charge >= 0.3 is 0 Å². The number of benzene rings is 2. The van der Waals surface area contributed by atoms with E-state index in [0.29, 0.717) is 26.2 Å². The number of anilines is 1. The largest absolute Gasteiger partial charge is 0.352 e. The molecular formula is C19H16F2N4O. The number of hydrogen-bond donors (Lipinski definition) is 0. The predicted octanol–water partition coefficient (Wildman–Crippen LogP) is 2.87. The molecule has 1 saturated heterocycles. The van der Waals surface area contributed by atoms with Crippen molar-refractivity contribution in [2.75, 3.05) is 31.1 Å². The van der Waals surface area contributed by atoms with Crippen LogP contribution in [0, 0.1) is 11.6 Å². The van der Waals surface area contributed by atoms with Crippen molar-refractivity contribution in [1.82, 2.24) is 14.9 Å². The van der Waals surface area contributed by atoms with Gasteiger partial charge < -0.3 is 9.80 Å². The molecule has 0 N–H and O–H groups in total. The molecule has 2 aromatic carbocycles. The number of hydrogen-bond acceptors (Lipinski definition) is 4. The zero-order valence-electron chi connectivity index (χ0n) is 13.9. The van der Waals surface area contributed by atoms with Crippen molar-refractivity contribution < 1.29 is 13.6 Å². The standard InChI is InChI=1S/C19H16F2N4O/c20-13-5-6-15(21)14(11-13)19(26)25-9-7-24(8-10-25)18-12-22-16-3-1-2-4-17(16)23-18/h1-6,11-12H,7-10H2. The molecular weight excluding hydrogens is 338 g/mol. The van der Waals surface area contributed by atoms with Crippen LogP contribution in [-0.2, 0) is 0 Å². The number of nitrogens with zero attached hydrogens (tertiary/aromatic N) is 4. The molecule has 2 heterocycles. The van der Waals surface area contributed by atoms with Crippen LogP contribution in [0.15, 0.2) is 48.7 Å². The number of aromatic nitrogens is 2. The summed E-state index contributed by atoms with van der Waals surface area (Å²) >= 11 is 0. The third kappa shape index (κ3) is 3.08. The van der Waals surface area contributed by atoms with Crippen molar-refractivity contribution in [1.29, 1.82) is 0 Å². The number of piperazine rings is 1. The summed E-state index contributed by atoms with van der Waals surface area (Å²) in [5.74, 6) is -1.09. The topological polar surface area (TPSA) is 49.3 Å². The van der Waals surface area contributed by atoms with E-state index in [0.717, 1.165) is 35.1 Å². The van der Waals surface area contributed by atoms with Crippen molar-refractivity contribution in [2.24, 2.45) is 0 Å². The summed E-state index contributed by atoms with van der Waals surface area (Å²) in [5.41, 5.74) is 1.40. The first kappa shape index (κ1) is 16.4. The summed E-state index contributed by atoms with van der Waals surface area (Å²) < 4.78 is 27.1. The summed E-state index contributed by atoms with van der Waals surface area (Å²) in [4.78, 5) is 25.0. The number of fused-ring (bicyclic) bond motifs is 1. The lowest BCUT2D eigenvalue weighted by Crippen LogP contribution is -2.49. The van der Waals surface area contributed by atoms with Gasteiger partial charge in [-0.25, -0.2) is 13.8 Å². The number of carbonyl (C=O) groups excluding carboxylic acids is 1. The maximum atomic E-state index is 13.8. The average Bonchev–Trinajstić information content (AvgIpc) is 2.69. The summed E-state index contributed by atoms with van der Waals surface area (Å²) in [6.45, 7) is 1.91. The Balaban J connectivity index is 1.48. The Kier molecular flexibility index (Phi) is 4.20. The molecule has 1 amide bonds. The van der Waals surface area contributed by atoms with Gasteiger partial charge in [-0.2, -0.15) is 0 Å². The van der Waals surface area contributed by atoms with Crippen LogP contribution in [0.1, 0.15) is 10.4 Å². The second-order valence-corrected chi connectivity index (χ2v) is 6.12. The first-order chi connectivity index (χ1) is 12.6. The Hall–Kier alpha value is -3.09. The van der Waals surface area contributed by atoms with Crippen LogP contribution in [0.2, 0.25) is 0 Å². The van der Waals surface area contributed by atoms with Crippen LogP contribution in [0.3, 0.4) is 0 Å². The van der Waals surface area contributed by atoms with Gasteiger partial charge in [0, 0.05) is 26.2 Å². The Morgan fingerprint density at radius 3 is 2.46 bits per heavy atom. The SMILES string of the molecule is O=C(c1cc(F)ccc1F)N1CCN(c2cnc3ccccc3n2)CC1. The van der Waals surface area contributed by atoms with Crippen molar-refractivity contribution in [3.8, 4) is 0 Å². The second kappa shape index (κ2) is 6.67. The van der Waals surface area contributed by atoms with Gasteiger partial charge in [-0.05, 0) is 30.3 Å². The van der Waals surface area contributed by atoms with Crippen molar-refractivity contribution >= 4 is 22.8 Å². The van der Waals surface area contributed by atoms with Gasteiger partial charge in [0.15, 0.2) is 0 Å². The lowest BCUT2D eigenvalue weighted by molar-refractivity contribution is 0.0741. The summed E-state index contributed by atoms with van der Waals surface area (Å²) in [6, 6.07) is 10.5. The lowest BCUT2D eigenvalue weighted by Gasteiger charge is -2.35. The Bertz CT molecular complexity index is 971. The van der Waals surface area contributed by atoms with Gasteiger partial charge in [-0.1, -0.05) is 12.1 Å². The Morgan fingerprint density at radius 2 is 1.69 bits per heavy atom. The summed E-state index contributed by atoms with van der Waals surface area (Å²) in [6.07, 6.45) is 1.71. The first-order valence-electron chi connectivity index (χ1n) is 8.33. The Labute approximate surface area is 148 Å². The molecule has 4 rings (SSSR count). The molecule has 5 nitrogen and oxygen atoms in total. The van der Waals surface area contributed by atoms with Crippen LogP contribution in [-0.4, -0.2) is 47.0 Å². The number of carbonyl (C=O) groups is 1. The van der Waals surface area contributed by atoms with Gasteiger partial charge in [-0.15, -0.1) is 0 Å². The highest BCUT2D eigenvalue weighted by Crippen LogP contribution is 2.19. The zero-order chi connectivity index (χ0) is 18.1. The van der Waals surface area contributed by atoms with Crippen LogP contribution in [0.25, 0.3) is 11.0 Å². The molecule has 1 aromatic heterocycles. The van der Waals surface area contributed by atoms with Gasteiger partial charge in [-0.3, -0.25) is 9.78 Å². The molecule has 1 fully saturated rings. The van der Waals surface area contributed by atoms with Gasteiger partial charge in [0.05, 0.1) is 22.8 Å². The van der Waals surface area contributed by atoms with E-state index in [1.165, 1.54) is 4.90 Å². The molecule has 0 spiro atoms. The van der Waals surface area contributed by atoms with E-state index in [9.17, 15) is 13.6 Å². The smallest absolute Gasteiger partial charge is 0.257 e. The van der Waals surface area contributed by atoms with E-state index in [1.54, 1.807) is 6.20 Å². The molecule has 26 heavy (non-hydrogen) atoms. The molecule has 0 aliphatic carbocycles. The lowest BCUT2D eigenvalue weighted by atomic mass is 10.1. The van der Waals surface area contributed by atoms with Gasteiger partial charge in [0.25, 0.3) is 5.91 Å². The maximum Gasteiger partial charge on any atom is 0.257 e. The highest BCUT2D eigenvalue weighted by atomic mass is 19.1. The minimum absolute atomic E-state index is 0.232. The molecule has 0 unspecified atom stereocenters. The monoisotopic (exact) mass is 354 g/mol. The van der Waals surface area contributed by atoms with Crippen LogP contribution in [0.4, 0.5) is 14.6 Å². The second-order valence-electron chi connectivity index (χ2n) is 6.12. The molecule has 1 aliphatic heterocycles. The normalized spacial score (nSPS) is 14.7. The fourth-order valence-electron chi connectivity index (χ4n) is 3.07. The molecule has 132 valence electrons. The average molecular weight is 354 g/mol. The first-order valence-corrected chi connectivity index (χ1v) is 8.33. The fourth-order valence-corrected chi connectivity index (χ4v) is 3.07. The van der Waals surface area contributed by atoms with E-state index >= 15 is 0 Å². The molecule has 3 aromatic rings. The number of para-hydroxylation sites is 2. The maximum absolute atomic E-state index is 13.8. The fraction of sp³-hybridized carbons (Fsp3) is 0.211. The van der Waals surface area contributed by atoms with E-state index in [-0.39, 0.29) is 5.56 Å². The molecule has 0 bridgehead atoms. The van der Waals surface area contributed by atoms with Crippen molar-refractivity contribution in [3.05, 3.63) is 65.9 Å². The Morgan fingerprint density at radius 1 is 0.962 bits per heavy atom. The number of halogens is 2. The highest BCUT2D eigenvalue weighted by Gasteiger charge is 2.25. The predicted molar refractivity (Wildman–Crippen MR) is 94.0 cm³/mol. The van der Waals surface area contributed by atoms with Crippen LogP contribution in [0.5, 0.6) is 0 Å². The van der Waals surface area contributed by atoms with Gasteiger partial charge in [0.1, 0.15) is 17.5 Å². The molecule has 7 heteroatoms. The van der Waals surface area contributed by atoms with E-state index in [2.05, 4.69) is 9.97 Å². The van der Waals surface area contributed by atoms with E-state index in [4.69, 9.17) is 0 Å². The molecule has 0 saturated carbocycles. The number of rotatable bonds is 2. The quantitative estimate of drug-likeness (QED) is 0.710. The van der Waals surface area contributed by atoms with Crippen LogP contribution >= 0.6 is 0 Å². The van der Waals surface area contributed by atoms with Crippen molar-refractivity contribution in [2.45, 2.75) is 0 Å². The minimum atomic E-state index is -0.709. The van der Waals surface area contributed by atoms with E-state index in [1.807, 2.05) is 29.2 Å². The van der Waals surface area contributed by atoms with E-state index < -0.39 is 17.5 Å². The zero-order valence-corrected chi connectivity index (χ0v) is 13.9. The van der Waals surface area contributed by atoms with Crippen LogP contribution < -0.4 is 4.90 Å². The minimum Gasteiger partial charge on any atom is -0.352 e. The third-order valence-corrected chi connectivity index (χ3v) is 4.49.